The molecule has 11 heteroatoms. The number of nitrogens with zero attached hydrogens (tertiary/aromatic N) is 1. The van der Waals surface area contributed by atoms with Crippen molar-refractivity contribution in [1.82, 2.24) is 9.97 Å². The Morgan fingerprint density at radius 3 is 2.74 bits per heavy atom. The molecule has 0 saturated carbocycles. The number of alkyl halides is 1. The summed E-state index contributed by atoms with van der Waals surface area (Å²) in [5, 5.41) is 20.3. The molecular weight excluding hydrogens is 430 g/mol. The molecule has 1 aliphatic rings. The standard InChI is InChI=1S/C20H30FN2O7P/c1-5-8-12-17(22-11-14(24)23-12)19-16(21)18(26)13(29-19)10-20(4,9-6-2)30-31(27,28)15(25)7-3/h11,13,15-16,18-19,25-26H,6-7,9-10H2,1-4H3,(H,23,24)(H,27,28)/t13-,15?,16+,18?,19-,20?/m1/s1. The molecule has 2 heterocycles. The zero-order chi connectivity index (χ0) is 23.4. The van der Waals surface area contributed by atoms with Gasteiger partial charge in [-0.05, 0) is 32.6 Å². The molecule has 4 unspecified atom stereocenters. The molecule has 1 aromatic rings. The number of nitrogens with one attached hydrogen (secondary N) is 1. The zero-order valence-electron chi connectivity index (χ0n) is 18.0. The monoisotopic (exact) mass is 460 g/mol. The summed E-state index contributed by atoms with van der Waals surface area (Å²) < 4.78 is 38.6. The molecular formula is C20H30FN2O7P. The van der Waals surface area contributed by atoms with Crippen molar-refractivity contribution in [3.63, 3.8) is 0 Å². The number of rotatable bonds is 9. The van der Waals surface area contributed by atoms with Gasteiger partial charge in [0, 0.05) is 6.42 Å². The number of hydrogen-bond acceptors (Lipinski definition) is 7. The van der Waals surface area contributed by atoms with Crippen molar-refractivity contribution < 1.29 is 33.3 Å². The van der Waals surface area contributed by atoms with Crippen LogP contribution in [0.3, 0.4) is 0 Å². The van der Waals surface area contributed by atoms with E-state index in [9.17, 15) is 28.9 Å². The summed E-state index contributed by atoms with van der Waals surface area (Å²) in [7, 11) is -4.37. The van der Waals surface area contributed by atoms with Crippen molar-refractivity contribution in [2.24, 2.45) is 0 Å². The molecule has 0 aromatic carbocycles. The van der Waals surface area contributed by atoms with Gasteiger partial charge in [-0.1, -0.05) is 26.2 Å². The van der Waals surface area contributed by atoms with Crippen LogP contribution in [0.25, 0.3) is 0 Å². The van der Waals surface area contributed by atoms with Gasteiger partial charge in [0.05, 0.1) is 17.9 Å². The van der Waals surface area contributed by atoms with Gasteiger partial charge >= 0.3 is 7.60 Å². The van der Waals surface area contributed by atoms with E-state index in [-0.39, 0.29) is 24.2 Å². The van der Waals surface area contributed by atoms with Crippen LogP contribution in [-0.2, 0) is 13.8 Å². The van der Waals surface area contributed by atoms with Gasteiger partial charge in [-0.25, -0.2) is 9.37 Å². The van der Waals surface area contributed by atoms with E-state index >= 15 is 0 Å². The van der Waals surface area contributed by atoms with E-state index in [1.54, 1.807) is 20.8 Å². The van der Waals surface area contributed by atoms with Gasteiger partial charge < -0.3 is 29.4 Å². The summed E-state index contributed by atoms with van der Waals surface area (Å²) in [6.45, 7) is 6.49. The van der Waals surface area contributed by atoms with Gasteiger partial charge in [0.1, 0.15) is 23.6 Å². The van der Waals surface area contributed by atoms with Gasteiger partial charge in [-0.2, -0.15) is 0 Å². The van der Waals surface area contributed by atoms with E-state index in [2.05, 4.69) is 21.8 Å². The van der Waals surface area contributed by atoms with E-state index in [0.717, 1.165) is 6.20 Å². The number of aliphatic hydroxyl groups excluding tert-OH is 2. The highest BCUT2D eigenvalue weighted by molar-refractivity contribution is 7.53. The van der Waals surface area contributed by atoms with E-state index < -0.39 is 49.1 Å². The fourth-order valence-corrected chi connectivity index (χ4v) is 5.09. The van der Waals surface area contributed by atoms with Crippen molar-refractivity contribution in [3.8, 4) is 11.8 Å². The molecule has 1 fully saturated rings. The highest BCUT2D eigenvalue weighted by Gasteiger charge is 2.50. The molecule has 0 spiro atoms. The van der Waals surface area contributed by atoms with Crippen LogP contribution < -0.4 is 5.56 Å². The average Bonchev–Trinajstić information content (AvgIpc) is 2.95. The number of aromatic amines is 1. The van der Waals surface area contributed by atoms with Crippen LogP contribution in [0.4, 0.5) is 4.39 Å². The number of H-pyrrole nitrogens is 1. The zero-order valence-corrected chi connectivity index (χ0v) is 18.9. The lowest BCUT2D eigenvalue weighted by Crippen LogP contribution is -2.38. The van der Waals surface area contributed by atoms with Gasteiger partial charge in [-0.3, -0.25) is 9.36 Å². The molecule has 0 aliphatic carbocycles. The molecule has 2 rings (SSSR count). The van der Waals surface area contributed by atoms with E-state index in [0.29, 0.717) is 12.8 Å². The lowest BCUT2D eigenvalue weighted by Gasteiger charge is -2.35. The lowest BCUT2D eigenvalue weighted by molar-refractivity contribution is -0.0519. The number of aliphatic hydroxyl groups is 2. The Bertz CT molecular complexity index is 930. The third kappa shape index (κ3) is 6.01. The second-order valence-corrected chi connectivity index (χ2v) is 9.77. The van der Waals surface area contributed by atoms with Crippen molar-refractivity contribution in [1.29, 1.82) is 0 Å². The maximum atomic E-state index is 15.0. The van der Waals surface area contributed by atoms with E-state index in [1.165, 1.54) is 0 Å². The summed E-state index contributed by atoms with van der Waals surface area (Å²) in [5.74, 6) is 3.69. The molecule has 174 valence electrons. The minimum atomic E-state index is -4.37. The Labute approximate surface area is 180 Å². The number of halogens is 1. The fraction of sp³-hybridized carbons (Fsp3) is 0.700. The summed E-state index contributed by atoms with van der Waals surface area (Å²) in [6, 6.07) is 0. The minimum Gasteiger partial charge on any atom is -0.387 e. The number of hydrogen-bond donors (Lipinski definition) is 4. The molecule has 4 N–H and O–H groups in total. The van der Waals surface area contributed by atoms with E-state index in [1.807, 2.05) is 6.92 Å². The van der Waals surface area contributed by atoms with Crippen molar-refractivity contribution in [2.45, 2.75) is 89.3 Å². The number of ether oxygens (including phenoxy) is 1. The fourth-order valence-electron chi connectivity index (χ4n) is 3.71. The Balaban J connectivity index is 2.30. The predicted octanol–water partition coefficient (Wildman–Crippen LogP) is 2.16. The Morgan fingerprint density at radius 2 is 2.16 bits per heavy atom. The predicted molar refractivity (Wildman–Crippen MR) is 111 cm³/mol. The Morgan fingerprint density at radius 1 is 1.48 bits per heavy atom. The van der Waals surface area contributed by atoms with Crippen LogP contribution in [0, 0.1) is 11.8 Å². The topological polar surface area (TPSA) is 142 Å². The van der Waals surface area contributed by atoms with Gasteiger partial charge in [0.15, 0.2) is 12.0 Å². The first kappa shape index (κ1) is 25.7. The molecule has 0 bridgehead atoms. The largest absolute Gasteiger partial charge is 0.387 e. The van der Waals surface area contributed by atoms with Gasteiger partial charge in [0.25, 0.3) is 5.56 Å². The summed E-state index contributed by atoms with van der Waals surface area (Å²) in [5.41, 5.74) is -1.63. The molecule has 1 aliphatic heterocycles. The quantitative estimate of drug-likeness (QED) is 0.324. The molecule has 31 heavy (non-hydrogen) atoms. The number of aromatic nitrogens is 2. The van der Waals surface area contributed by atoms with Crippen LogP contribution in [0.1, 0.15) is 70.9 Å². The molecule has 0 amide bonds. The molecule has 9 nitrogen and oxygen atoms in total. The average molecular weight is 460 g/mol. The molecule has 0 radical (unpaired) electrons. The smallest absolute Gasteiger partial charge is 0.356 e. The summed E-state index contributed by atoms with van der Waals surface area (Å²) in [6.07, 6.45) is -4.02. The highest BCUT2D eigenvalue weighted by Crippen LogP contribution is 2.53. The Kier molecular flexibility index (Phi) is 8.56. The van der Waals surface area contributed by atoms with Crippen molar-refractivity contribution >= 4 is 7.60 Å². The second-order valence-electron chi connectivity index (χ2n) is 7.86. The first-order chi connectivity index (χ1) is 14.5. The second kappa shape index (κ2) is 10.3. The first-order valence-electron chi connectivity index (χ1n) is 10.2. The summed E-state index contributed by atoms with van der Waals surface area (Å²) in [4.78, 5) is 28.1. The van der Waals surface area contributed by atoms with Crippen LogP contribution in [0.5, 0.6) is 0 Å². The Hall–Kier alpha value is -1.60. The maximum Gasteiger partial charge on any atom is 0.356 e. The first-order valence-corrected chi connectivity index (χ1v) is 11.8. The third-order valence-corrected chi connectivity index (χ3v) is 6.99. The van der Waals surface area contributed by atoms with Crippen LogP contribution >= 0.6 is 7.60 Å². The SMILES string of the molecule is CC#Cc1[nH]c(=O)cnc1[C@@H]1O[C@H](CC(C)(CCC)OP(=O)(O)C(O)CC)C(O)[C@@H]1F. The van der Waals surface area contributed by atoms with Crippen molar-refractivity contribution in [2.75, 3.05) is 0 Å². The van der Waals surface area contributed by atoms with Gasteiger partial charge in [0.2, 0.25) is 0 Å². The molecule has 1 saturated heterocycles. The lowest BCUT2D eigenvalue weighted by atomic mass is 9.91. The third-order valence-electron chi connectivity index (χ3n) is 5.17. The summed E-state index contributed by atoms with van der Waals surface area (Å²) >= 11 is 0. The normalized spacial score (nSPS) is 28.3. The van der Waals surface area contributed by atoms with E-state index in [4.69, 9.17) is 9.26 Å². The van der Waals surface area contributed by atoms with Crippen LogP contribution in [-0.4, -0.2) is 54.9 Å². The van der Waals surface area contributed by atoms with Crippen LogP contribution in [0.15, 0.2) is 11.0 Å². The van der Waals surface area contributed by atoms with Gasteiger partial charge in [-0.15, -0.1) is 0 Å². The molecule has 1 aromatic heterocycles. The van der Waals surface area contributed by atoms with Crippen LogP contribution in [0.2, 0.25) is 0 Å². The molecule has 7 atom stereocenters. The highest BCUT2D eigenvalue weighted by atomic mass is 31.2. The minimum absolute atomic E-state index is 0.0201. The van der Waals surface area contributed by atoms with Crippen molar-refractivity contribution in [3.05, 3.63) is 27.9 Å². The maximum absolute atomic E-state index is 15.0.